The van der Waals surface area contributed by atoms with Crippen LogP contribution in [0.4, 0.5) is 41.6 Å². The van der Waals surface area contributed by atoms with Gasteiger partial charge in [0.1, 0.15) is 47.6 Å². The smallest absolute Gasteiger partial charge is 0.319 e. The van der Waals surface area contributed by atoms with E-state index in [1.165, 1.54) is 6.07 Å². The molecule has 0 radical (unpaired) electrons. The fourth-order valence-electron chi connectivity index (χ4n) is 8.12. The molecule has 50 heavy (non-hydrogen) atoms. The lowest BCUT2D eigenvalue weighted by Gasteiger charge is -2.36. The van der Waals surface area contributed by atoms with E-state index in [1.54, 1.807) is 0 Å². The van der Waals surface area contributed by atoms with E-state index in [9.17, 15) is 31.6 Å². The van der Waals surface area contributed by atoms with Crippen molar-refractivity contribution in [1.82, 2.24) is 14.9 Å². The Bertz CT molecular complexity index is 2090. The van der Waals surface area contributed by atoms with Gasteiger partial charge in [0, 0.05) is 23.9 Å². The van der Waals surface area contributed by atoms with Crippen LogP contribution in [0.2, 0.25) is 5.02 Å². The molecule has 0 amide bonds. The van der Waals surface area contributed by atoms with Crippen LogP contribution in [0.5, 0.6) is 11.8 Å². The standard InChI is InChI=1S/C33H28ClF7N6O2S/c34-23-21(15-2-3-17(36)27-20(15)16(9-42)28(43)50-27)24(39)25-22-26(23)48-12-18(33(5-6-33)30(40)41)47(11-19(37)38)29(22)45-31(44-25)49-13-32-4-1-7-46(32)10-14(35)8-32/h2-3,14,18-19,30H,1,4-8,10-13,43H2/t14-,18?,32+/m1/s1. The molecular weight excluding hydrogens is 713 g/mol. The molecule has 3 fully saturated rings. The Morgan fingerprint density at radius 3 is 2.64 bits per heavy atom. The molecule has 0 spiro atoms. The first-order chi connectivity index (χ1) is 23.9. The number of anilines is 2. The summed E-state index contributed by atoms with van der Waals surface area (Å²) in [7, 11) is 0. The Morgan fingerprint density at radius 2 is 1.94 bits per heavy atom. The lowest BCUT2D eigenvalue weighted by molar-refractivity contribution is 0.0297. The molecule has 3 atom stereocenters. The summed E-state index contributed by atoms with van der Waals surface area (Å²) in [5, 5.41) is 9.22. The van der Waals surface area contributed by atoms with E-state index >= 15 is 4.39 Å². The van der Waals surface area contributed by atoms with Crippen molar-refractivity contribution >= 4 is 54.7 Å². The van der Waals surface area contributed by atoms with Crippen LogP contribution in [0.3, 0.4) is 0 Å². The fourth-order valence-corrected chi connectivity index (χ4v) is 9.40. The van der Waals surface area contributed by atoms with E-state index in [2.05, 4.69) is 9.97 Å². The summed E-state index contributed by atoms with van der Waals surface area (Å²) >= 11 is 7.68. The molecule has 1 unspecified atom stereocenters. The number of hydrogen-bond acceptors (Lipinski definition) is 9. The van der Waals surface area contributed by atoms with Crippen molar-refractivity contribution in [1.29, 1.82) is 5.26 Å². The van der Waals surface area contributed by atoms with Gasteiger partial charge in [0.2, 0.25) is 6.43 Å². The Kier molecular flexibility index (Phi) is 7.92. The number of nitriles is 1. The number of alkyl halides is 5. The highest BCUT2D eigenvalue weighted by Gasteiger charge is 2.60. The number of benzene rings is 2. The summed E-state index contributed by atoms with van der Waals surface area (Å²) in [5.41, 5.74) is 2.62. The van der Waals surface area contributed by atoms with Gasteiger partial charge in [0.25, 0.3) is 6.43 Å². The summed E-state index contributed by atoms with van der Waals surface area (Å²) in [6.45, 7) is -0.815. The van der Waals surface area contributed by atoms with Gasteiger partial charge in [-0.3, -0.25) is 4.90 Å². The predicted octanol–water partition coefficient (Wildman–Crippen LogP) is 7.73. The second kappa shape index (κ2) is 11.9. The Hall–Kier alpha value is -3.81. The van der Waals surface area contributed by atoms with Crippen molar-refractivity contribution in [2.75, 3.05) is 43.5 Å². The van der Waals surface area contributed by atoms with E-state index in [0.29, 0.717) is 13.0 Å². The minimum Gasteiger partial charge on any atom is -0.489 e. The van der Waals surface area contributed by atoms with Crippen molar-refractivity contribution in [3.63, 3.8) is 0 Å². The van der Waals surface area contributed by atoms with Gasteiger partial charge in [-0.25, -0.2) is 30.7 Å². The molecule has 1 saturated carbocycles. The summed E-state index contributed by atoms with van der Waals surface area (Å²) in [6, 6.07) is 2.42. The third kappa shape index (κ3) is 4.94. The molecule has 0 bridgehead atoms. The number of rotatable bonds is 8. The number of halogens is 8. The molecule has 3 aliphatic heterocycles. The van der Waals surface area contributed by atoms with E-state index in [4.69, 9.17) is 26.8 Å². The van der Waals surface area contributed by atoms with Crippen LogP contribution in [0, 0.1) is 28.4 Å². The molecule has 4 aliphatic rings. The number of hydrogen-bond donors (Lipinski definition) is 1. The summed E-state index contributed by atoms with van der Waals surface area (Å²) in [5.74, 6) is -2.42. The molecule has 2 N–H and O–H groups in total. The normalized spacial score (nSPS) is 24.2. The van der Waals surface area contributed by atoms with Gasteiger partial charge >= 0.3 is 6.01 Å². The van der Waals surface area contributed by atoms with Gasteiger partial charge in [-0.2, -0.15) is 15.2 Å². The third-order valence-corrected chi connectivity index (χ3v) is 12.1. The molecule has 8 rings (SSSR count). The lowest BCUT2D eigenvalue weighted by Crippen LogP contribution is -2.50. The van der Waals surface area contributed by atoms with Gasteiger partial charge in [-0.15, -0.1) is 11.3 Å². The van der Waals surface area contributed by atoms with E-state index in [0.717, 1.165) is 28.7 Å². The zero-order valence-electron chi connectivity index (χ0n) is 26.1. The van der Waals surface area contributed by atoms with Gasteiger partial charge in [-0.05, 0) is 43.9 Å². The van der Waals surface area contributed by atoms with Gasteiger partial charge in [-0.1, -0.05) is 17.7 Å². The summed E-state index contributed by atoms with van der Waals surface area (Å²) < 4.78 is 117. The number of nitrogens with two attached hydrogens (primary N) is 1. The molecule has 17 heteroatoms. The average molecular weight is 741 g/mol. The zero-order valence-corrected chi connectivity index (χ0v) is 27.7. The second-order valence-corrected chi connectivity index (χ2v) is 14.8. The molecule has 1 aliphatic carbocycles. The first-order valence-corrected chi connectivity index (χ1v) is 17.2. The molecular formula is C33H28ClF7N6O2S. The minimum atomic E-state index is -3.02. The van der Waals surface area contributed by atoms with E-state index < -0.39 is 77.4 Å². The van der Waals surface area contributed by atoms with Crippen molar-refractivity contribution in [2.45, 2.75) is 62.7 Å². The maximum Gasteiger partial charge on any atom is 0.319 e. The van der Waals surface area contributed by atoms with Crippen molar-refractivity contribution < 1.29 is 40.2 Å². The highest BCUT2D eigenvalue weighted by atomic mass is 35.5. The number of ether oxygens (including phenoxy) is 2. The topological polar surface area (TPSA) is 101 Å². The molecule has 2 aromatic carbocycles. The SMILES string of the molecule is N#Cc1c(N)sc2c(F)ccc(-c3c(Cl)c4c5c(nc(OC[C@@]67CCCN6C[C@H](F)C7)nc5c3F)N(CC(F)F)C(C3(C(F)F)CC3)CO4)c12. The van der Waals surface area contributed by atoms with Crippen LogP contribution in [-0.4, -0.2) is 78.3 Å². The number of thiophene rings is 1. The number of nitrogens with zero attached hydrogens (tertiary/aromatic N) is 5. The van der Waals surface area contributed by atoms with E-state index in [-0.39, 0.29) is 81.1 Å². The first-order valence-electron chi connectivity index (χ1n) is 16.0. The van der Waals surface area contributed by atoms with Crippen LogP contribution in [0.1, 0.15) is 37.7 Å². The zero-order chi connectivity index (χ0) is 35.3. The Morgan fingerprint density at radius 1 is 1.16 bits per heavy atom. The fraction of sp³-hybridized carbons (Fsp3) is 0.485. The number of aromatic nitrogens is 2. The summed E-state index contributed by atoms with van der Waals surface area (Å²) in [4.78, 5) is 11.8. The van der Waals surface area contributed by atoms with Crippen LogP contribution >= 0.6 is 22.9 Å². The van der Waals surface area contributed by atoms with Crippen LogP contribution < -0.4 is 20.1 Å². The third-order valence-electron chi connectivity index (χ3n) is 10.7. The van der Waals surface area contributed by atoms with Crippen LogP contribution in [0.25, 0.3) is 32.1 Å². The largest absolute Gasteiger partial charge is 0.489 e. The van der Waals surface area contributed by atoms with E-state index in [1.807, 2.05) is 11.0 Å². The van der Waals surface area contributed by atoms with Gasteiger partial charge in [0.15, 0.2) is 11.6 Å². The molecule has 5 heterocycles. The molecule has 2 aromatic heterocycles. The Balaban J connectivity index is 1.37. The second-order valence-electron chi connectivity index (χ2n) is 13.4. The maximum atomic E-state index is 17.2. The maximum absolute atomic E-state index is 17.2. The molecule has 2 saturated heterocycles. The van der Waals surface area contributed by atoms with Crippen LogP contribution in [0.15, 0.2) is 12.1 Å². The molecule has 264 valence electrons. The molecule has 8 nitrogen and oxygen atoms in total. The van der Waals surface area contributed by atoms with Gasteiger partial charge < -0.3 is 20.1 Å². The van der Waals surface area contributed by atoms with Crippen molar-refractivity contribution in [3.05, 3.63) is 34.4 Å². The highest BCUT2D eigenvalue weighted by molar-refractivity contribution is 7.23. The van der Waals surface area contributed by atoms with Crippen molar-refractivity contribution in [2.24, 2.45) is 5.41 Å². The monoisotopic (exact) mass is 740 g/mol. The quantitative estimate of drug-likeness (QED) is 0.183. The summed E-state index contributed by atoms with van der Waals surface area (Å²) in [6.07, 6.45) is -5.39. The number of fused-ring (bicyclic) bond motifs is 2. The lowest BCUT2D eigenvalue weighted by atomic mass is 9.95. The van der Waals surface area contributed by atoms with Crippen LogP contribution in [-0.2, 0) is 0 Å². The minimum absolute atomic E-state index is 0.0176. The first kappa shape index (κ1) is 33.3. The average Bonchev–Trinajstić information content (AvgIpc) is 3.60. The van der Waals surface area contributed by atoms with Gasteiger partial charge in [0.05, 0.1) is 44.2 Å². The van der Waals surface area contributed by atoms with Crippen molar-refractivity contribution in [3.8, 4) is 29.0 Å². The highest BCUT2D eigenvalue weighted by Crippen LogP contribution is 2.58. The Labute approximate surface area is 289 Å². The molecule has 4 aromatic rings. The predicted molar refractivity (Wildman–Crippen MR) is 173 cm³/mol. The number of nitrogen functional groups attached to an aromatic ring is 1.